The summed E-state index contributed by atoms with van der Waals surface area (Å²) in [4.78, 5) is 14.6. The molecule has 1 amide bonds. The lowest BCUT2D eigenvalue weighted by atomic mass is 10.2. The van der Waals surface area contributed by atoms with Gasteiger partial charge in [-0.2, -0.15) is 0 Å². The van der Waals surface area contributed by atoms with Crippen LogP contribution in [0.3, 0.4) is 0 Å². The summed E-state index contributed by atoms with van der Waals surface area (Å²) < 4.78 is 0. The number of aryl methyl sites for hydroxylation is 1. The number of hydrogen-bond acceptors (Lipinski definition) is 4. The van der Waals surface area contributed by atoms with Gasteiger partial charge in [-0.3, -0.25) is 4.79 Å². The number of β-amino-alcohol motifs (C(OH)–C–C–N with tert-alkyl or cyclic N) is 1. The summed E-state index contributed by atoms with van der Waals surface area (Å²) in [5, 5.41) is 11.1. The van der Waals surface area contributed by atoms with Crippen molar-refractivity contribution < 1.29 is 9.90 Å². The number of aliphatic hydroxyl groups is 1. The predicted molar refractivity (Wildman–Crippen MR) is 63.1 cm³/mol. The van der Waals surface area contributed by atoms with Gasteiger partial charge in [0, 0.05) is 11.4 Å². The maximum Gasteiger partial charge on any atom is 0.233 e. The Hall–Kier alpha value is -0.520. The maximum absolute atomic E-state index is 11.6. The van der Waals surface area contributed by atoms with Crippen molar-refractivity contribution in [3.63, 3.8) is 0 Å². The van der Waals surface area contributed by atoms with Crippen LogP contribution in [0.25, 0.3) is 0 Å². The summed E-state index contributed by atoms with van der Waals surface area (Å²) in [6, 6.07) is 2.07. The summed E-state index contributed by atoms with van der Waals surface area (Å²) >= 11 is 3.33. The Morgan fingerprint density at radius 2 is 2.47 bits per heavy atom. The van der Waals surface area contributed by atoms with Gasteiger partial charge in [0.25, 0.3) is 0 Å². The number of thioether (sulfide) groups is 1. The second-order valence-corrected chi connectivity index (χ2v) is 5.46. The van der Waals surface area contributed by atoms with Gasteiger partial charge in [-0.05, 0) is 23.9 Å². The van der Waals surface area contributed by atoms with E-state index in [2.05, 4.69) is 13.0 Å². The second kappa shape index (κ2) is 4.55. The molecule has 2 heterocycles. The smallest absolute Gasteiger partial charge is 0.233 e. The van der Waals surface area contributed by atoms with Gasteiger partial charge >= 0.3 is 0 Å². The van der Waals surface area contributed by atoms with Crippen LogP contribution in [0.5, 0.6) is 0 Å². The lowest BCUT2D eigenvalue weighted by molar-refractivity contribution is -0.128. The van der Waals surface area contributed by atoms with Crippen LogP contribution in [0.4, 0.5) is 0 Å². The van der Waals surface area contributed by atoms with E-state index in [0.29, 0.717) is 12.3 Å². The van der Waals surface area contributed by atoms with Gasteiger partial charge in [-0.15, -0.1) is 23.1 Å². The number of nitrogens with zero attached hydrogens (tertiary/aromatic N) is 1. The van der Waals surface area contributed by atoms with Crippen molar-refractivity contribution in [2.75, 3.05) is 18.9 Å². The van der Waals surface area contributed by atoms with Crippen molar-refractivity contribution in [1.29, 1.82) is 0 Å². The molecule has 1 N–H and O–H groups in total. The fraction of sp³-hybridized carbons (Fsp3) is 0.500. The molecule has 15 heavy (non-hydrogen) atoms. The zero-order chi connectivity index (χ0) is 10.8. The SMILES string of the molecule is Cc1ccsc1C1SCC(=O)N1CCO. The van der Waals surface area contributed by atoms with Gasteiger partial charge in [0.2, 0.25) is 5.91 Å². The maximum atomic E-state index is 11.6. The number of rotatable bonds is 3. The molecular weight excluding hydrogens is 230 g/mol. The molecule has 1 aromatic rings. The zero-order valence-corrected chi connectivity index (χ0v) is 10.1. The van der Waals surface area contributed by atoms with E-state index in [1.165, 1.54) is 10.4 Å². The van der Waals surface area contributed by atoms with Crippen LogP contribution < -0.4 is 0 Å². The molecule has 1 fully saturated rings. The average molecular weight is 243 g/mol. The fourth-order valence-electron chi connectivity index (χ4n) is 1.66. The molecule has 1 aliphatic heterocycles. The Balaban J connectivity index is 2.22. The van der Waals surface area contributed by atoms with Crippen molar-refractivity contribution in [3.8, 4) is 0 Å². The molecule has 2 rings (SSSR count). The molecular formula is C10H13NO2S2. The van der Waals surface area contributed by atoms with E-state index in [0.717, 1.165) is 0 Å². The summed E-state index contributed by atoms with van der Waals surface area (Å²) in [6.07, 6.45) is 0. The molecule has 1 aliphatic rings. The number of hydrogen-bond donors (Lipinski definition) is 1. The fourth-order valence-corrected chi connectivity index (χ4v) is 4.15. The highest BCUT2D eigenvalue weighted by Gasteiger charge is 2.33. The van der Waals surface area contributed by atoms with Crippen LogP contribution >= 0.6 is 23.1 Å². The van der Waals surface area contributed by atoms with Crippen LogP contribution in [0.1, 0.15) is 15.8 Å². The minimum absolute atomic E-state index is 0.0349. The van der Waals surface area contributed by atoms with E-state index >= 15 is 0 Å². The third kappa shape index (κ3) is 2.04. The van der Waals surface area contributed by atoms with E-state index in [-0.39, 0.29) is 17.9 Å². The quantitative estimate of drug-likeness (QED) is 0.877. The molecule has 0 aliphatic carbocycles. The topological polar surface area (TPSA) is 40.5 Å². The van der Waals surface area contributed by atoms with Crippen molar-refractivity contribution >= 4 is 29.0 Å². The molecule has 0 bridgehead atoms. The molecule has 1 saturated heterocycles. The lowest BCUT2D eigenvalue weighted by Gasteiger charge is -2.22. The largest absolute Gasteiger partial charge is 0.395 e. The van der Waals surface area contributed by atoms with E-state index in [9.17, 15) is 4.79 Å². The van der Waals surface area contributed by atoms with Gasteiger partial charge < -0.3 is 10.0 Å². The molecule has 5 heteroatoms. The summed E-state index contributed by atoms with van der Waals surface area (Å²) in [5.74, 6) is 0.661. The Labute approximate surface area is 97.1 Å². The highest BCUT2D eigenvalue weighted by atomic mass is 32.2. The Morgan fingerprint density at radius 3 is 3.07 bits per heavy atom. The number of thiophene rings is 1. The predicted octanol–water partition coefficient (Wildman–Crippen LogP) is 1.62. The Morgan fingerprint density at radius 1 is 1.67 bits per heavy atom. The van der Waals surface area contributed by atoms with E-state index in [1.807, 2.05) is 5.38 Å². The summed E-state index contributed by atoms with van der Waals surface area (Å²) in [7, 11) is 0. The van der Waals surface area contributed by atoms with Gasteiger partial charge in [0.05, 0.1) is 12.4 Å². The Kier molecular flexibility index (Phi) is 3.33. The molecule has 0 radical (unpaired) electrons. The Bertz CT molecular complexity index is 364. The number of carbonyl (C=O) groups excluding carboxylic acids is 1. The molecule has 0 saturated carbocycles. The van der Waals surface area contributed by atoms with Crippen molar-refractivity contribution in [2.24, 2.45) is 0 Å². The van der Waals surface area contributed by atoms with Crippen molar-refractivity contribution in [3.05, 3.63) is 21.9 Å². The highest BCUT2D eigenvalue weighted by Crippen LogP contribution is 2.41. The van der Waals surface area contributed by atoms with Gasteiger partial charge in [0.1, 0.15) is 5.37 Å². The van der Waals surface area contributed by atoms with Gasteiger partial charge in [-0.1, -0.05) is 0 Å². The van der Waals surface area contributed by atoms with E-state index in [1.54, 1.807) is 28.0 Å². The molecule has 0 aromatic carbocycles. The minimum atomic E-state index is 0.0349. The third-order valence-corrected chi connectivity index (χ3v) is 4.88. The first-order valence-corrected chi connectivity index (χ1v) is 6.73. The van der Waals surface area contributed by atoms with Crippen molar-refractivity contribution in [1.82, 2.24) is 4.90 Å². The zero-order valence-electron chi connectivity index (χ0n) is 8.47. The first-order valence-electron chi connectivity index (χ1n) is 4.80. The van der Waals surface area contributed by atoms with Gasteiger partial charge in [0.15, 0.2) is 0 Å². The first kappa shape index (κ1) is 11.0. The van der Waals surface area contributed by atoms with Crippen molar-refractivity contribution in [2.45, 2.75) is 12.3 Å². The highest BCUT2D eigenvalue weighted by molar-refractivity contribution is 8.00. The monoisotopic (exact) mass is 243 g/mol. The summed E-state index contributed by atoms with van der Waals surface area (Å²) in [5.41, 5.74) is 1.23. The standard InChI is InChI=1S/C10H13NO2S2/c1-7-2-5-14-9(7)10-11(3-4-12)8(13)6-15-10/h2,5,10,12H,3-4,6H2,1H3. The number of amides is 1. The first-order chi connectivity index (χ1) is 7.24. The normalized spacial score (nSPS) is 21.3. The van der Waals surface area contributed by atoms with Crippen LogP contribution in [0.2, 0.25) is 0 Å². The van der Waals surface area contributed by atoms with Crippen LogP contribution in [-0.2, 0) is 4.79 Å². The number of aliphatic hydroxyl groups excluding tert-OH is 1. The molecule has 1 aromatic heterocycles. The summed E-state index contributed by atoms with van der Waals surface area (Å²) in [6.45, 7) is 2.54. The van der Waals surface area contributed by atoms with Gasteiger partial charge in [-0.25, -0.2) is 0 Å². The molecule has 3 nitrogen and oxygen atoms in total. The lowest BCUT2D eigenvalue weighted by Crippen LogP contribution is -2.30. The van der Waals surface area contributed by atoms with Crippen LogP contribution in [0, 0.1) is 6.92 Å². The third-order valence-electron chi connectivity index (χ3n) is 2.44. The average Bonchev–Trinajstić information content (AvgIpc) is 2.76. The molecule has 82 valence electrons. The van der Waals surface area contributed by atoms with Crippen LogP contribution in [-0.4, -0.2) is 34.8 Å². The molecule has 1 atom stereocenters. The van der Waals surface area contributed by atoms with E-state index in [4.69, 9.17) is 5.11 Å². The molecule has 0 spiro atoms. The van der Waals surface area contributed by atoms with E-state index < -0.39 is 0 Å². The molecule has 1 unspecified atom stereocenters. The minimum Gasteiger partial charge on any atom is -0.395 e. The van der Waals surface area contributed by atoms with Crippen LogP contribution in [0.15, 0.2) is 11.4 Å². The second-order valence-electron chi connectivity index (χ2n) is 3.44. The number of carbonyl (C=O) groups is 1.